The SMILES string of the molecule is C/C(=C\C=C/C=N)c1ccc(-c2c(C)ccc(-c3ccc(C)[nH]c3=O)c2C)nc1. The van der Waals surface area contributed by atoms with E-state index < -0.39 is 0 Å². The van der Waals surface area contributed by atoms with E-state index in [1.807, 2.05) is 69.5 Å². The second kappa shape index (κ2) is 8.65. The molecule has 1 aromatic carbocycles. The Morgan fingerprint density at radius 3 is 2.41 bits per heavy atom. The number of hydrogen-bond donors (Lipinski definition) is 2. The van der Waals surface area contributed by atoms with Gasteiger partial charge in [0.1, 0.15) is 0 Å². The number of aromatic amines is 1. The highest BCUT2D eigenvalue weighted by Gasteiger charge is 2.14. The van der Waals surface area contributed by atoms with Crippen LogP contribution in [0.5, 0.6) is 0 Å². The molecule has 0 aliphatic carbocycles. The van der Waals surface area contributed by atoms with Gasteiger partial charge in [0.2, 0.25) is 0 Å². The van der Waals surface area contributed by atoms with E-state index in [4.69, 9.17) is 10.4 Å². The van der Waals surface area contributed by atoms with E-state index >= 15 is 0 Å². The van der Waals surface area contributed by atoms with Gasteiger partial charge in [0, 0.05) is 29.2 Å². The number of nitrogens with one attached hydrogen (secondary N) is 2. The first-order valence-corrected chi connectivity index (χ1v) is 9.53. The van der Waals surface area contributed by atoms with E-state index in [0.29, 0.717) is 5.56 Å². The van der Waals surface area contributed by atoms with Crippen molar-refractivity contribution in [1.82, 2.24) is 9.97 Å². The second-order valence-electron chi connectivity index (χ2n) is 7.15. The second-order valence-corrected chi connectivity index (χ2v) is 7.15. The molecule has 4 heteroatoms. The number of H-pyrrole nitrogens is 1. The lowest BCUT2D eigenvalue weighted by molar-refractivity contribution is 1.14. The van der Waals surface area contributed by atoms with Crippen LogP contribution < -0.4 is 5.56 Å². The van der Waals surface area contributed by atoms with Crippen molar-refractivity contribution in [3.63, 3.8) is 0 Å². The molecule has 0 spiro atoms. The highest BCUT2D eigenvalue weighted by molar-refractivity contribution is 5.79. The normalized spacial score (nSPS) is 11.8. The summed E-state index contributed by atoms with van der Waals surface area (Å²) >= 11 is 0. The minimum absolute atomic E-state index is 0.0787. The Kier molecular flexibility index (Phi) is 6.03. The summed E-state index contributed by atoms with van der Waals surface area (Å²) in [6, 6.07) is 11.9. The van der Waals surface area contributed by atoms with Gasteiger partial charge >= 0.3 is 0 Å². The van der Waals surface area contributed by atoms with Crippen LogP contribution in [0.4, 0.5) is 0 Å². The van der Waals surface area contributed by atoms with Crippen LogP contribution in [0.3, 0.4) is 0 Å². The van der Waals surface area contributed by atoms with Crippen LogP contribution in [0.1, 0.15) is 29.3 Å². The summed E-state index contributed by atoms with van der Waals surface area (Å²) in [5, 5.41) is 7.04. The minimum Gasteiger partial charge on any atom is -0.326 e. The van der Waals surface area contributed by atoms with Gasteiger partial charge in [0.15, 0.2) is 0 Å². The van der Waals surface area contributed by atoms with E-state index in [9.17, 15) is 4.79 Å². The van der Waals surface area contributed by atoms with Crippen molar-refractivity contribution in [2.24, 2.45) is 0 Å². The quantitative estimate of drug-likeness (QED) is 0.442. The Morgan fingerprint density at radius 1 is 1.00 bits per heavy atom. The smallest absolute Gasteiger partial charge is 0.256 e. The number of benzene rings is 1. The van der Waals surface area contributed by atoms with E-state index in [-0.39, 0.29) is 5.56 Å². The summed E-state index contributed by atoms with van der Waals surface area (Å²) < 4.78 is 0. The number of nitrogens with zero attached hydrogens (tertiary/aromatic N) is 1. The molecule has 0 amide bonds. The molecule has 0 fully saturated rings. The molecule has 0 bridgehead atoms. The van der Waals surface area contributed by atoms with Gasteiger partial charge in [-0.3, -0.25) is 9.78 Å². The molecule has 0 saturated carbocycles. The fraction of sp³-hybridized carbons (Fsp3) is 0.160. The molecule has 3 aromatic rings. The Bertz CT molecular complexity index is 1170. The zero-order chi connectivity index (χ0) is 21.0. The lowest BCUT2D eigenvalue weighted by atomic mass is 9.91. The maximum Gasteiger partial charge on any atom is 0.256 e. The van der Waals surface area contributed by atoms with Gasteiger partial charge in [-0.05, 0) is 79.8 Å². The number of rotatable bonds is 5. The van der Waals surface area contributed by atoms with Crippen molar-refractivity contribution in [3.05, 3.63) is 93.6 Å². The van der Waals surface area contributed by atoms with Gasteiger partial charge in [-0.1, -0.05) is 30.4 Å². The highest BCUT2D eigenvalue weighted by atomic mass is 16.1. The molecule has 29 heavy (non-hydrogen) atoms. The Labute approximate surface area is 171 Å². The average Bonchev–Trinajstić information content (AvgIpc) is 2.69. The third-order valence-corrected chi connectivity index (χ3v) is 5.05. The molecule has 0 radical (unpaired) electrons. The number of aryl methyl sites for hydroxylation is 2. The van der Waals surface area contributed by atoms with Crippen molar-refractivity contribution in [2.75, 3.05) is 0 Å². The zero-order valence-electron chi connectivity index (χ0n) is 17.2. The summed E-state index contributed by atoms with van der Waals surface area (Å²) in [5.74, 6) is 0. The third kappa shape index (κ3) is 4.32. The van der Waals surface area contributed by atoms with Crippen molar-refractivity contribution in [3.8, 4) is 22.4 Å². The van der Waals surface area contributed by atoms with Crippen molar-refractivity contribution in [2.45, 2.75) is 27.7 Å². The molecule has 146 valence electrons. The maximum atomic E-state index is 12.5. The highest BCUT2D eigenvalue weighted by Crippen LogP contribution is 2.32. The average molecular weight is 383 g/mol. The Balaban J connectivity index is 2.05. The fourth-order valence-electron chi connectivity index (χ4n) is 3.44. The van der Waals surface area contributed by atoms with Crippen LogP contribution in [0.25, 0.3) is 28.0 Å². The summed E-state index contributed by atoms with van der Waals surface area (Å²) in [6.45, 7) is 8.00. The molecule has 2 N–H and O–H groups in total. The lowest BCUT2D eigenvalue weighted by Crippen LogP contribution is -2.10. The number of pyridine rings is 2. The number of hydrogen-bond acceptors (Lipinski definition) is 3. The van der Waals surface area contributed by atoms with E-state index in [1.165, 1.54) is 6.21 Å². The summed E-state index contributed by atoms with van der Waals surface area (Å²) in [7, 11) is 0. The van der Waals surface area contributed by atoms with Gasteiger partial charge in [0.05, 0.1) is 5.69 Å². The molecule has 2 aromatic heterocycles. The number of aromatic nitrogens is 2. The van der Waals surface area contributed by atoms with Crippen molar-refractivity contribution >= 4 is 11.8 Å². The van der Waals surface area contributed by atoms with Crippen LogP contribution in [0.2, 0.25) is 0 Å². The van der Waals surface area contributed by atoms with Crippen LogP contribution in [-0.2, 0) is 0 Å². The first-order valence-electron chi connectivity index (χ1n) is 9.53. The summed E-state index contributed by atoms with van der Waals surface area (Å²) in [5.41, 5.74) is 8.58. The van der Waals surface area contributed by atoms with E-state index in [1.54, 1.807) is 6.08 Å². The molecule has 0 aliphatic heterocycles. The van der Waals surface area contributed by atoms with Gasteiger partial charge in [-0.25, -0.2) is 0 Å². The molecule has 3 rings (SSSR count). The van der Waals surface area contributed by atoms with Gasteiger partial charge in [-0.15, -0.1) is 0 Å². The Hall–Kier alpha value is -3.53. The van der Waals surface area contributed by atoms with Crippen molar-refractivity contribution < 1.29 is 0 Å². The van der Waals surface area contributed by atoms with E-state index in [2.05, 4.69) is 18.0 Å². The minimum atomic E-state index is -0.0787. The lowest BCUT2D eigenvalue weighted by Gasteiger charge is -2.14. The standard InChI is InChI=1S/C25H25N3O/c1-16(7-5-6-14-26)20-10-13-23(27-15-20)24-17(2)8-11-21(19(24)4)22-12-9-18(3)28-25(22)29/h5-15,26H,1-4H3,(H,28,29)/b6-5-,16-7+,26-14?. The third-order valence-electron chi connectivity index (χ3n) is 5.05. The van der Waals surface area contributed by atoms with Gasteiger partial charge in [-0.2, -0.15) is 0 Å². The van der Waals surface area contributed by atoms with Crippen LogP contribution in [0.15, 0.2) is 65.6 Å². The molecule has 0 atom stereocenters. The maximum absolute atomic E-state index is 12.5. The molecule has 4 nitrogen and oxygen atoms in total. The predicted octanol–water partition coefficient (Wildman–Crippen LogP) is 5.64. The first kappa shape index (κ1) is 20.2. The van der Waals surface area contributed by atoms with Crippen molar-refractivity contribution in [1.29, 1.82) is 5.41 Å². The van der Waals surface area contributed by atoms with Crippen LogP contribution in [-0.4, -0.2) is 16.2 Å². The predicted molar refractivity (Wildman–Crippen MR) is 122 cm³/mol. The van der Waals surface area contributed by atoms with Gasteiger partial charge < -0.3 is 10.4 Å². The summed E-state index contributed by atoms with van der Waals surface area (Å²) in [4.78, 5) is 20.0. The molecule has 2 heterocycles. The molecule has 0 saturated heterocycles. The molecule has 0 aliphatic rings. The monoisotopic (exact) mass is 383 g/mol. The fourth-order valence-corrected chi connectivity index (χ4v) is 3.44. The molecule has 0 unspecified atom stereocenters. The summed E-state index contributed by atoms with van der Waals surface area (Å²) in [6.07, 6.45) is 8.60. The molecular weight excluding hydrogens is 358 g/mol. The Morgan fingerprint density at radius 2 is 1.76 bits per heavy atom. The largest absolute Gasteiger partial charge is 0.326 e. The first-order chi connectivity index (χ1) is 13.9. The number of allylic oxidation sites excluding steroid dienone is 4. The molecular formula is C25H25N3O. The zero-order valence-corrected chi connectivity index (χ0v) is 17.2. The van der Waals surface area contributed by atoms with Crippen LogP contribution in [0, 0.1) is 26.2 Å². The van der Waals surface area contributed by atoms with Gasteiger partial charge in [0.25, 0.3) is 5.56 Å². The van der Waals surface area contributed by atoms with E-state index in [0.717, 1.165) is 44.8 Å². The van der Waals surface area contributed by atoms with Crippen LogP contribution >= 0.6 is 0 Å². The topological polar surface area (TPSA) is 69.6 Å².